The highest BCUT2D eigenvalue weighted by atomic mass is 32.2. The second kappa shape index (κ2) is 8.67. The van der Waals surface area contributed by atoms with Crippen LogP contribution in [0.1, 0.15) is 42.9 Å². The molecule has 2 aromatic rings. The average molecular weight is 454 g/mol. The van der Waals surface area contributed by atoms with Crippen molar-refractivity contribution in [1.82, 2.24) is 0 Å². The van der Waals surface area contributed by atoms with Gasteiger partial charge in [0, 0.05) is 29.4 Å². The lowest BCUT2D eigenvalue weighted by molar-refractivity contribution is -0.0436. The Bertz CT molecular complexity index is 1180. The Hall–Kier alpha value is -2.93. The molecule has 0 fully saturated rings. The summed E-state index contributed by atoms with van der Waals surface area (Å²) in [4.78, 5) is 3.46. The van der Waals surface area contributed by atoms with E-state index in [1.54, 1.807) is 6.07 Å². The number of aliphatic imine (C=N–C) groups is 1. The molecule has 0 saturated carbocycles. The Labute approximate surface area is 176 Å². The number of nitrogens with zero attached hydrogens (tertiary/aromatic N) is 2. The van der Waals surface area contributed by atoms with Gasteiger partial charge in [-0.2, -0.15) is 18.4 Å². The van der Waals surface area contributed by atoms with Crippen molar-refractivity contribution < 1.29 is 30.7 Å². The molecule has 164 valence electrons. The summed E-state index contributed by atoms with van der Waals surface area (Å²) in [7, 11) is -5.61. The molecule has 0 N–H and O–H groups in total. The Morgan fingerprint density at radius 2 is 1.94 bits per heavy atom. The zero-order valence-corrected chi connectivity index (χ0v) is 17.3. The smallest absolute Gasteiger partial charge is 0.457 e. The van der Waals surface area contributed by atoms with Crippen molar-refractivity contribution in [3.05, 3.63) is 52.8 Å². The number of sulfone groups is 1. The van der Waals surface area contributed by atoms with E-state index in [0.29, 0.717) is 13.0 Å². The Morgan fingerprint density at radius 3 is 2.58 bits per heavy atom. The van der Waals surface area contributed by atoms with Gasteiger partial charge in [0.1, 0.15) is 17.3 Å². The van der Waals surface area contributed by atoms with Crippen LogP contribution < -0.4 is 4.74 Å². The lowest BCUT2D eigenvalue weighted by atomic mass is 10.1. The number of halogens is 4. The predicted molar refractivity (Wildman–Crippen MR) is 106 cm³/mol. The van der Waals surface area contributed by atoms with E-state index in [4.69, 9.17) is 10.00 Å². The van der Waals surface area contributed by atoms with E-state index >= 15 is 0 Å². The fourth-order valence-corrected chi connectivity index (χ4v) is 4.33. The van der Waals surface area contributed by atoms with Crippen molar-refractivity contribution >= 4 is 15.5 Å². The quantitative estimate of drug-likeness (QED) is 0.437. The first-order chi connectivity index (χ1) is 14.6. The number of hydrogen-bond acceptors (Lipinski definition) is 5. The SMILES string of the molecule is CCCC/N=C1\CCc2c(Oc3cc(F)cc(C#N)c3)ccc(S(=O)(=O)C(F)(F)F)c21. The van der Waals surface area contributed by atoms with Crippen molar-refractivity contribution in [3.63, 3.8) is 0 Å². The molecular weight excluding hydrogens is 436 g/mol. The fourth-order valence-electron chi connectivity index (χ4n) is 3.33. The third-order valence-electron chi connectivity index (χ3n) is 4.77. The molecule has 0 bridgehead atoms. The van der Waals surface area contributed by atoms with Crippen LogP contribution in [-0.2, 0) is 16.3 Å². The topological polar surface area (TPSA) is 79.5 Å². The zero-order chi connectivity index (χ0) is 22.8. The molecule has 0 saturated heterocycles. The zero-order valence-electron chi connectivity index (χ0n) is 16.5. The molecule has 0 radical (unpaired) electrons. The summed E-state index contributed by atoms with van der Waals surface area (Å²) < 4.78 is 83.5. The van der Waals surface area contributed by atoms with Crippen LogP contribution in [0.2, 0.25) is 0 Å². The standard InChI is InChI=1S/C21H18F4N2O3S/c1-2-3-8-27-17-5-4-16-18(30-15-10-13(12-26)9-14(22)11-15)6-7-19(20(16)17)31(28,29)21(23,24)25/h6-7,9-11H,2-5,8H2,1H3/b27-17+. The molecule has 31 heavy (non-hydrogen) atoms. The Balaban J connectivity index is 2.15. The van der Waals surface area contributed by atoms with Crippen LogP contribution in [0.5, 0.6) is 11.5 Å². The van der Waals surface area contributed by atoms with Gasteiger partial charge in [0.2, 0.25) is 0 Å². The summed E-state index contributed by atoms with van der Waals surface area (Å²) in [6.07, 6.45) is 2.00. The third kappa shape index (κ3) is 4.56. The first-order valence-electron chi connectivity index (χ1n) is 9.48. The minimum absolute atomic E-state index is 0.00438. The van der Waals surface area contributed by atoms with Gasteiger partial charge >= 0.3 is 5.51 Å². The molecule has 0 amide bonds. The first-order valence-corrected chi connectivity index (χ1v) is 11.0. The number of hydrogen-bond donors (Lipinski definition) is 0. The number of nitriles is 1. The van der Waals surface area contributed by atoms with Crippen LogP contribution in [0, 0.1) is 17.1 Å². The minimum atomic E-state index is -5.61. The maximum absolute atomic E-state index is 13.7. The number of benzene rings is 2. The lowest BCUT2D eigenvalue weighted by Crippen LogP contribution is -2.25. The summed E-state index contributed by atoms with van der Waals surface area (Å²) in [5.74, 6) is -0.656. The van der Waals surface area contributed by atoms with Crippen molar-refractivity contribution in [1.29, 1.82) is 5.26 Å². The second-order valence-corrected chi connectivity index (χ2v) is 8.85. The minimum Gasteiger partial charge on any atom is -0.457 e. The van der Waals surface area contributed by atoms with Gasteiger partial charge in [0.05, 0.1) is 16.5 Å². The maximum atomic E-state index is 13.7. The normalized spacial score (nSPS) is 15.0. The molecule has 0 aromatic heterocycles. The lowest BCUT2D eigenvalue weighted by Gasteiger charge is -2.16. The molecule has 0 atom stereocenters. The molecular formula is C21H18F4N2O3S. The monoisotopic (exact) mass is 454 g/mol. The highest BCUT2D eigenvalue weighted by Gasteiger charge is 2.49. The first kappa shape index (κ1) is 22.7. The number of rotatable bonds is 6. The average Bonchev–Trinajstić information content (AvgIpc) is 3.11. The van der Waals surface area contributed by atoms with Crippen molar-refractivity contribution in [3.8, 4) is 17.6 Å². The summed E-state index contributed by atoms with van der Waals surface area (Å²) in [5, 5.41) is 8.99. The Morgan fingerprint density at radius 1 is 1.19 bits per heavy atom. The van der Waals surface area contributed by atoms with Gasteiger partial charge < -0.3 is 4.74 Å². The molecule has 3 rings (SSSR count). The van der Waals surface area contributed by atoms with Gasteiger partial charge in [-0.3, -0.25) is 4.99 Å². The predicted octanol–water partition coefficient (Wildman–Crippen LogP) is 5.32. The molecule has 2 aromatic carbocycles. The number of fused-ring (bicyclic) bond motifs is 1. The van der Waals surface area contributed by atoms with Crippen molar-refractivity contribution in [2.24, 2.45) is 4.99 Å². The van der Waals surface area contributed by atoms with Gasteiger partial charge in [0.15, 0.2) is 0 Å². The van der Waals surface area contributed by atoms with Crippen LogP contribution in [0.4, 0.5) is 17.6 Å². The van der Waals surface area contributed by atoms with Gasteiger partial charge in [-0.15, -0.1) is 0 Å². The summed E-state index contributed by atoms with van der Waals surface area (Å²) in [6, 6.07) is 7.05. The molecule has 0 heterocycles. The van der Waals surface area contributed by atoms with Gasteiger partial charge in [-0.25, -0.2) is 12.8 Å². The van der Waals surface area contributed by atoms with E-state index in [1.807, 2.05) is 6.92 Å². The number of unbranched alkanes of at least 4 members (excludes halogenated alkanes) is 1. The van der Waals surface area contributed by atoms with E-state index in [2.05, 4.69) is 4.99 Å². The van der Waals surface area contributed by atoms with E-state index in [1.165, 1.54) is 6.07 Å². The van der Waals surface area contributed by atoms with Crippen LogP contribution in [0.25, 0.3) is 0 Å². The van der Waals surface area contributed by atoms with Gasteiger partial charge in [-0.05, 0) is 43.5 Å². The van der Waals surface area contributed by atoms with Gasteiger partial charge in [0.25, 0.3) is 9.84 Å². The molecule has 1 aliphatic rings. The van der Waals surface area contributed by atoms with E-state index in [-0.39, 0.29) is 46.7 Å². The van der Waals surface area contributed by atoms with Crippen LogP contribution in [0.15, 0.2) is 40.2 Å². The third-order valence-corrected chi connectivity index (χ3v) is 6.30. The van der Waals surface area contributed by atoms with Crippen LogP contribution in [-0.4, -0.2) is 26.2 Å². The number of ether oxygens (including phenoxy) is 1. The van der Waals surface area contributed by atoms with Crippen LogP contribution >= 0.6 is 0 Å². The molecule has 0 spiro atoms. The summed E-state index contributed by atoms with van der Waals surface area (Å²) >= 11 is 0. The maximum Gasteiger partial charge on any atom is 0.501 e. The Kier molecular flexibility index (Phi) is 6.36. The molecule has 10 heteroatoms. The van der Waals surface area contributed by atoms with Crippen molar-refractivity contribution in [2.75, 3.05) is 6.54 Å². The van der Waals surface area contributed by atoms with E-state index in [0.717, 1.165) is 30.7 Å². The van der Waals surface area contributed by atoms with Crippen LogP contribution in [0.3, 0.4) is 0 Å². The summed E-state index contributed by atoms with van der Waals surface area (Å²) in [5.41, 5.74) is -5.05. The van der Waals surface area contributed by atoms with E-state index < -0.39 is 26.1 Å². The molecule has 5 nitrogen and oxygen atoms in total. The highest BCUT2D eigenvalue weighted by Crippen LogP contribution is 2.41. The van der Waals surface area contributed by atoms with Gasteiger partial charge in [-0.1, -0.05) is 13.3 Å². The number of alkyl halides is 3. The molecule has 1 aliphatic carbocycles. The summed E-state index contributed by atoms with van der Waals surface area (Å²) in [6.45, 7) is 2.29. The van der Waals surface area contributed by atoms with E-state index in [9.17, 15) is 26.0 Å². The fraction of sp³-hybridized carbons (Fsp3) is 0.333. The largest absolute Gasteiger partial charge is 0.501 e. The molecule has 0 unspecified atom stereocenters. The van der Waals surface area contributed by atoms with Crippen molar-refractivity contribution in [2.45, 2.75) is 43.0 Å². The second-order valence-electron chi connectivity index (χ2n) is 6.94. The molecule has 0 aliphatic heterocycles. The highest BCUT2D eigenvalue weighted by molar-refractivity contribution is 7.92.